The SMILES string of the molecule is COc1cc2oc(=O)cc(-c3ccccc3)c2cc1CCC(=O)N1C[C@@H]2C[C@H](C1)c1cccc(=O)n1C2. The third-order valence-electron chi connectivity index (χ3n) is 7.67. The number of rotatable bonds is 5. The molecule has 1 amide bonds. The number of pyridine rings is 1. The maximum Gasteiger partial charge on any atom is 0.336 e. The summed E-state index contributed by atoms with van der Waals surface area (Å²) in [5.41, 5.74) is 3.72. The highest BCUT2D eigenvalue weighted by Crippen LogP contribution is 2.36. The molecule has 0 N–H and O–H groups in total. The van der Waals surface area contributed by atoms with Crippen molar-refractivity contribution in [2.24, 2.45) is 5.92 Å². The molecule has 4 aromatic rings. The predicted molar refractivity (Wildman–Crippen MR) is 141 cm³/mol. The van der Waals surface area contributed by atoms with Crippen LogP contribution in [0.15, 0.2) is 80.7 Å². The number of fused-ring (bicyclic) bond motifs is 5. The molecule has 0 unspecified atom stereocenters. The topological polar surface area (TPSA) is 81.8 Å². The molecule has 6 rings (SSSR count). The quantitative estimate of drug-likeness (QED) is 0.387. The minimum atomic E-state index is -0.421. The maximum absolute atomic E-state index is 13.3. The van der Waals surface area contributed by atoms with Gasteiger partial charge in [-0.25, -0.2) is 4.79 Å². The number of ether oxygens (including phenoxy) is 1. The van der Waals surface area contributed by atoms with E-state index < -0.39 is 5.63 Å². The van der Waals surface area contributed by atoms with Gasteiger partial charge in [-0.15, -0.1) is 0 Å². The van der Waals surface area contributed by atoms with E-state index in [1.165, 1.54) is 6.07 Å². The molecule has 0 radical (unpaired) electrons. The van der Waals surface area contributed by atoms with E-state index in [4.69, 9.17) is 9.15 Å². The molecule has 7 heteroatoms. The molecule has 2 aromatic carbocycles. The molecule has 2 aliphatic heterocycles. The average Bonchev–Trinajstić information content (AvgIpc) is 2.91. The van der Waals surface area contributed by atoms with Crippen LogP contribution in [-0.4, -0.2) is 35.6 Å². The molecular formula is C30H28N2O5. The lowest BCUT2D eigenvalue weighted by Crippen LogP contribution is -2.49. The highest BCUT2D eigenvalue weighted by atomic mass is 16.5. The fourth-order valence-corrected chi connectivity index (χ4v) is 5.98. The molecule has 2 bridgehead atoms. The van der Waals surface area contributed by atoms with Crippen LogP contribution < -0.4 is 15.9 Å². The fourth-order valence-electron chi connectivity index (χ4n) is 5.98. The van der Waals surface area contributed by atoms with Crippen LogP contribution >= 0.6 is 0 Å². The van der Waals surface area contributed by atoms with E-state index in [2.05, 4.69) is 0 Å². The summed E-state index contributed by atoms with van der Waals surface area (Å²) in [6, 6.07) is 20.4. The minimum absolute atomic E-state index is 0.0427. The summed E-state index contributed by atoms with van der Waals surface area (Å²) >= 11 is 0. The van der Waals surface area contributed by atoms with Gasteiger partial charge in [-0.05, 0) is 47.6 Å². The van der Waals surface area contributed by atoms with Gasteiger partial charge < -0.3 is 18.6 Å². The maximum atomic E-state index is 13.3. The number of aryl methyl sites for hydroxylation is 1. The van der Waals surface area contributed by atoms with E-state index in [9.17, 15) is 14.4 Å². The van der Waals surface area contributed by atoms with Gasteiger partial charge in [0.1, 0.15) is 11.3 Å². The summed E-state index contributed by atoms with van der Waals surface area (Å²) in [6.07, 6.45) is 1.87. The number of amides is 1. The second-order valence-corrected chi connectivity index (χ2v) is 10.0. The van der Waals surface area contributed by atoms with Crippen LogP contribution in [0.3, 0.4) is 0 Å². The van der Waals surface area contributed by atoms with E-state index in [1.54, 1.807) is 19.2 Å². The second kappa shape index (κ2) is 9.39. The summed E-state index contributed by atoms with van der Waals surface area (Å²) < 4.78 is 13.0. The molecule has 2 aliphatic rings. The molecule has 0 saturated carbocycles. The van der Waals surface area contributed by atoms with Crippen LogP contribution in [-0.2, 0) is 17.8 Å². The Morgan fingerprint density at radius 2 is 1.84 bits per heavy atom. The molecule has 0 aliphatic carbocycles. The average molecular weight is 497 g/mol. The third kappa shape index (κ3) is 4.35. The largest absolute Gasteiger partial charge is 0.496 e. The lowest BCUT2D eigenvalue weighted by Gasteiger charge is -2.42. The first-order valence-corrected chi connectivity index (χ1v) is 12.7. The molecular weight excluding hydrogens is 468 g/mol. The number of benzene rings is 2. The van der Waals surface area contributed by atoms with Crippen LogP contribution in [0.2, 0.25) is 0 Å². The van der Waals surface area contributed by atoms with Crippen LogP contribution in [0.25, 0.3) is 22.1 Å². The molecule has 0 spiro atoms. The highest BCUT2D eigenvalue weighted by Gasteiger charge is 2.36. The first-order valence-electron chi connectivity index (χ1n) is 12.7. The number of carbonyl (C=O) groups excluding carboxylic acids is 1. The van der Waals surface area contributed by atoms with Gasteiger partial charge in [0.05, 0.1) is 7.11 Å². The number of hydrogen-bond acceptors (Lipinski definition) is 5. The molecule has 4 heterocycles. The Bertz CT molecular complexity index is 1600. The molecule has 1 fully saturated rings. The van der Waals surface area contributed by atoms with Crippen LogP contribution in [0.4, 0.5) is 0 Å². The van der Waals surface area contributed by atoms with E-state index in [0.29, 0.717) is 49.7 Å². The summed E-state index contributed by atoms with van der Waals surface area (Å²) in [5, 5.41) is 0.809. The zero-order valence-electron chi connectivity index (χ0n) is 20.7. The Morgan fingerprint density at radius 1 is 1.00 bits per heavy atom. The van der Waals surface area contributed by atoms with E-state index in [0.717, 1.165) is 34.2 Å². The molecule has 7 nitrogen and oxygen atoms in total. The number of hydrogen-bond donors (Lipinski definition) is 0. The molecule has 37 heavy (non-hydrogen) atoms. The number of piperidine rings is 1. The number of likely N-dealkylation sites (tertiary alicyclic amines) is 1. The standard InChI is InChI=1S/C30H28N2O5/c1-36-26-15-27-24(23(14-30(35)37-27)20-6-3-2-4-7-20)13-21(26)10-11-28(33)31-16-19-12-22(18-31)25-8-5-9-29(34)32(25)17-19/h2-9,13-15,19,22H,10-12,16-18H2,1H3/t19-,22+/m0/s1. The summed E-state index contributed by atoms with van der Waals surface area (Å²) in [4.78, 5) is 39.9. The third-order valence-corrected chi connectivity index (χ3v) is 7.67. The lowest BCUT2D eigenvalue weighted by atomic mass is 9.83. The van der Waals surface area contributed by atoms with E-state index >= 15 is 0 Å². The molecule has 2 aromatic heterocycles. The van der Waals surface area contributed by atoms with Gasteiger partial charge in [-0.2, -0.15) is 0 Å². The normalized spacial score (nSPS) is 18.5. The second-order valence-electron chi connectivity index (χ2n) is 10.0. The van der Waals surface area contributed by atoms with Crippen LogP contribution in [0.5, 0.6) is 5.75 Å². The van der Waals surface area contributed by atoms with Gasteiger partial charge in [-0.3, -0.25) is 9.59 Å². The van der Waals surface area contributed by atoms with Gasteiger partial charge in [0.2, 0.25) is 5.91 Å². The van der Waals surface area contributed by atoms with Crippen molar-refractivity contribution >= 4 is 16.9 Å². The zero-order chi connectivity index (χ0) is 25.5. The highest BCUT2D eigenvalue weighted by molar-refractivity contribution is 5.94. The van der Waals surface area contributed by atoms with Crippen molar-refractivity contribution < 1.29 is 13.9 Å². The molecule has 2 atom stereocenters. The Kier molecular flexibility index (Phi) is 5.91. The van der Waals surface area contributed by atoms with Crippen molar-refractivity contribution in [3.8, 4) is 16.9 Å². The Hall–Kier alpha value is -4.13. The van der Waals surface area contributed by atoms with Gasteiger partial charge in [0.25, 0.3) is 5.56 Å². The first-order chi connectivity index (χ1) is 18.0. The summed E-state index contributed by atoms with van der Waals surface area (Å²) in [5.74, 6) is 1.18. The predicted octanol–water partition coefficient (Wildman–Crippen LogP) is 4.21. The zero-order valence-corrected chi connectivity index (χ0v) is 20.7. The molecule has 188 valence electrons. The smallest absolute Gasteiger partial charge is 0.336 e. The monoisotopic (exact) mass is 496 g/mol. The summed E-state index contributed by atoms with van der Waals surface area (Å²) in [7, 11) is 1.58. The van der Waals surface area contributed by atoms with Crippen molar-refractivity contribution in [2.75, 3.05) is 20.2 Å². The Morgan fingerprint density at radius 3 is 2.65 bits per heavy atom. The van der Waals surface area contributed by atoms with Crippen molar-refractivity contribution in [2.45, 2.75) is 31.7 Å². The number of aromatic nitrogens is 1. The van der Waals surface area contributed by atoms with Crippen molar-refractivity contribution in [3.63, 3.8) is 0 Å². The van der Waals surface area contributed by atoms with Gasteiger partial charge >= 0.3 is 5.63 Å². The van der Waals surface area contributed by atoms with Crippen LogP contribution in [0, 0.1) is 5.92 Å². The van der Waals surface area contributed by atoms with Crippen molar-refractivity contribution in [1.82, 2.24) is 9.47 Å². The molecule has 1 saturated heterocycles. The fraction of sp³-hybridized carbons (Fsp3) is 0.300. The van der Waals surface area contributed by atoms with Gasteiger partial charge in [-0.1, -0.05) is 36.4 Å². The summed E-state index contributed by atoms with van der Waals surface area (Å²) in [6.45, 7) is 1.98. The van der Waals surface area contributed by atoms with Crippen molar-refractivity contribution in [3.05, 3.63) is 98.8 Å². The minimum Gasteiger partial charge on any atom is -0.496 e. The van der Waals surface area contributed by atoms with Gasteiger partial charge in [0, 0.05) is 61.3 Å². The first kappa shape index (κ1) is 23.3. The van der Waals surface area contributed by atoms with E-state index in [1.807, 2.05) is 58.0 Å². The number of carbonyl (C=O) groups is 1. The Balaban J connectivity index is 1.25. The van der Waals surface area contributed by atoms with E-state index in [-0.39, 0.29) is 17.4 Å². The number of methoxy groups -OCH3 is 1. The van der Waals surface area contributed by atoms with Crippen LogP contribution in [0.1, 0.15) is 30.0 Å². The Labute approximate surface area is 213 Å². The number of nitrogens with zero attached hydrogens (tertiary/aromatic N) is 2. The lowest BCUT2D eigenvalue weighted by molar-refractivity contribution is -0.133. The van der Waals surface area contributed by atoms with Crippen molar-refractivity contribution in [1.29, 1.82) is 0 Å². The van der Waals surface area contributed by atoms with Gasteiger partial charge in [0.15, 0.2) is 0 Å².